The van der Waals surface area contributed by atoms with Crippen LogP contribution < -0.4 is 16.1 Å². The van der Waals surface area contributed by atoms with E-state index in [1.54, 1.807) is 23.9 Å². The standard InChI is InChI=1S/C29H45BN2O5S/c1-18(2)35-25(34)19(3)22-16-26(4,5)32-27(6,7)23(22)38-17-31-24(33)20-12-14-21(15-13-20)30-36-28(8,9)29(10,11)37-30/h12-15,18-19,32H,16-17H2,1-11H3,(H,31,33). The molecule has 0 saturated carbocycles. The van der Waals surface area contributed by atoms with Gasteiger partial charge in [-0.25, -0.2) is 0 Å². The number of hydrogen-bond donors (Lipinski definition) is 2. The highest BCUT2D eigenvalue weighted by atomic mass is 32.2. The van der Waals surface area contributed by atoms with Gasteiger partial charge in [-0.05, 0) is 106 Å². The van der Waals surface area contributed by atoms with Crippen molar-refractivity contribution < 1.29 is 23.6 Å². The lowest BCUT2D eigenvalue weighted by atomic mass is 9.79. The Kier molecular flexibility index (Phi) is 8.89. The van der Waals surface area contributed by atoms with Gasteiger partial charge in [0.15, 0.2) is 0 Å². The number of hydrogen-bond acceptors (Lipinski definition) is 7. The van der Waals surface area contributed by atoms with Crippen LogP contribution in [-0.4, -0.2) is 53.3 Å². The molecule has 3 rings (SSSR count). The Hall–Kier alpha value is -1.81. The van der Waals surface area contributed by atoms with Crippen molar-refractivity contribution in [1.82, 2.24) is 10.6 Å². The minimum atomic E-state index is -0.465. The van der Waals surface area contributed by atoms with E-state index in [2.05, 4.69) is 38.3 Å². The topological polar surface area (TPSA) is 85.9 Å². The van der Waals surface area contributed by atoms with Gasteiger partial charge < -0.3 is 24.7 Å². The van der Waals surface area contributed by atoms with Gasteiger partial charge in [0, 0.05) is 21.5 Å². The zero-order valence-electron chi connectivity index (χ0n) is 24.9. The molecule has 1 aromatic rings. The minimum Gasteiger partial charge on any atom is -0.463 e. The molecule has 2 N–H and O–H groups in total. The van der Waals surface area contributed by atoms with Gasteiger partial charge in [0.1, 0.15) is 0 Å². The molecule has 0 radical (unpaired) electrons. The fourth-order valence-corrected chi connectivity index (χ4v) is 6.24. The summed E-state index contributed by atoms with van der Waals surface area (Å²) in [7, 11) is -0.465. The van der Waals surface area contributed by atoms with Gasteiger partial charge in [-0.1, -0.05) is 12.1 Å². The lowest BCUT2D eigenvalue weighted by Gasteiger charge is -2.46. The van der Waals surface area contributed by atoms with Crippen molar-refractivity contribution in [2.45, 2.75) is 111 Å². The van der Waals surface area contributed by atoms with E-state index in [1.807, 2.05) is 60.6 Å². The zero-order valence-corrected chi connectivity index (χ0v) is 25.7. The van der Waals surface area contributed by atoms with Crippen LogP contribution in [0, 0.1) is 5.92 Å². The Morgan fingerprint density at radius 2 is 1.55 bits per heavy atom. The molecule has 0 bridgehead atoms. The largest absolute Gasteiger partial charge is 0.494 e. The van der Waals surface area contributed by atoms with Crippen LogP contribution in [-0.2, 0) is 18.8 Å². The van der Waals surface area contributed by atoms with Gasteiger partial charge in [0.05, 0.1) is 29.1 Å². The second-order valence-electron chi connectivity index (χ2n) is 12.9. The molecule has 38 heavy (non-hydrogen) atoms. The summed E-state index contributed by atoms with van der Waals surface area (Å²) in [5, 5.41) is 6.72. The van der Waals surface area contributed by atoms with Gasteiger partial charge >= 0.3 is 13.1 Å². The number of nitrogens with one attached hydrogen (secondary N) is 2. The van der Waals surface area contributed by atoms with Crippen LogP contribution in [0.1, 0.15) is 92.9 Å². The maximum atomic E-state index is 12.9. The first-order valence-corrected chi connectivity index (χ1v) is 14.4. The second-order valence-corrected chi connectivity index (χ2v) is 13.9. The van der Waals surface area contributed by atoms with Crippen molar-refractivity contribution in [2.75, 3.05) is 5.88 Å². The quantitative estimate of drug-likeness (QED) is 0.276. The third kappa shape index (κ3) is 6.84. The van der Waals surface area contributed by atoms with Crippen molar-refractivity contribution in [3.05, 3.63) is 40.3 Å². The van der Waals surface area contributed by atoms with Crippen LogP contribution in [0.25, 0.3) is 0 Å². The predicted molar refractivity (Wildman–Crippen MR) is 155 cm³/mol. The first-order chi connectivity index (χ1) is 17.4. The number of thioether (sulfide) groups is 1. The molecule has 0 aliphatic carbocycles. The van der Waals surface area contributed by atoms with Gasteiger partial charge in [-0.2, -0.15) is 0 Å². The van der Waals surface area contributed by atoms with Crippen LogP contribution >= 0.6 is 11.8 Å². The Bertz CT molecular complexity index is 1060. The third-order valence-corrected chi connectivity index (χ3v) is 8.87. The molecule has 2 heterocycles. The van der Waals surface area contributed by atoms with E-state index in [9.17, 15) is 9.59 Å². The molecule has 7 nitrogen and oxygen atoms in total. The molecule has 0 aromatic heterocycles. The number of rotatable bonds is 8. The molecule has 1 atom stereocenters. The molecule has 0 spiro atoms. The van der Waals surface area contributed by atoms with Crippen LogP contribution in [0.2, 0.25) is 0 Å². The number of carbonyl (C=O) groups is 2. The number of carbonyl (C=O) groups excluding carboxylic acids is 2. The molecule has 210 valence electrons. The van der Waals surface area contributed by atoms with Crippen LogP contribution in [0.5, 0.6) is 0 Å². The van der Waals surface area contributed by atoms with Crippen LogP contribution in [0.15, 0.2) is 34.7 Å². The zero-order chi connectivity index (χ0) is 28.7. The Morgan fingerprint density at radius 1 is 1.00 bits per heavy atom. The highest BCUT2D eigenvalue weighted by molar-refractivity contribution is 8.03. The van der Waals surface area contributed by atoms with Crippen molar-refractivity contribution in [1.29, 1.82) is 0 Å². The lowest BCUT2D eigenvalue weighted by Crippen LogP contribution is -2.57. The summed E-state index contributed by atoms with van der Waals surface area (Å²) in [6.45, 7) is 22.2. The van der Waals surface area contributed by atoms with Crippen molar-refractivity contribution in [3.63, 3.8) is 0 Å². The summed E-state index contributed by atoms with van der Waals surface area (Å²) >= 11 is 1.56. The van der Waals surface area contributed by atoms with Crippen molar-refractivity contribution >= 4 is 36.2 Å². The molecular weight excluding hydrogens is 499 g/mol. The van der Waals surface area contributed by atoms with Gasteiger partial charge in [0.2, 0.25) is 0 Å². The first-order valence-electron chi connectivity index (χ1n) is 13.5. The highest BCUT2D eigenvalue weighted by Crippen LogP contribution is 2.43. The van der Waals surface area contributed by atoms with E-state index in [0.717, 1.165) is 22.4 Å². The van der Waals surface area contributed by atoms with E-state index in [4.69, 9.17) is 14.0 Å². The maximum absolute atomic E-state index is 12.9. The number of esters is 1. The van der Waals surface area contributed by atoms with Gasteiger partial charge in [-0.15, -0.1) is 11.8 Å². The molecule has 2 aliphatic heterocycles. The maximum Gasteiger partial charge on any atom is 0.494 e. The number of benzene rings is 1. The third-order valence-electron chi connectivity index (χ3n) is 7.52. The molecule has 1 amide bonds. The molecule has 2 aliphatic rings. The van der Waals surface area contributed by atoms with Crippen molar-refractivity contribution in [3.8, 4) is 0 Å². The number of ether oxygens (including phenoxy) is 1. The molecule has 1 aromatic carbocycles. The average Bonchev–Trinajstić information content (AvgIpc) is 2.99. The SMILES string of the molecule is CC(C)OC(=O)C(C)C1=C(SCNC(=O)c2ccc(B3OC(C)(C)C(C)(C)O3)cc2)C(C)(C)NC(C)(C)C1. The molecular formula is C29H45BN2O5S. The monoisotopic (exact) mass is 544 g/mol. The summed E-state index contributed by atoms with van der Waals surface area (Å²) in [4.78, 5) is 26.8. The van der Waals surface area contributed by atoms with E-state index in [-0.39, 0.29) is 35.0 Å². The Labute approximate surface area is 233 Å². The van der Waals surface area contributed by atoms with E-state index in [1.165, 1.54) is 0 Å². The van der Waals surface area contributed by atoms with Gasteiger partial charge in [-0.3, -0.25) is 9.59 Å². The summed E-state index contributed by atoms with van der Waals surface area (Å²) < 4.78 is 17.8. The summed E-state index contributed by atoms with van der Waals surface area (Å²) in [5.41, 5.74) is 1.15. The van der Waals surface area contributed by atoms with E-state index in [0.29, 0.717) is 11.4 Å². The van der Waals surface area contributed by atoms with Crippen LogP contribution in [0.3, 0.4) is 0 Å². The number of amides is 1. The molecule has 1 saturated heterocycles. The second kappa shape index (κ2) is 11.0. The van der Waals surface area contributed by atoms with Crippen molar-refractivity contribution in [2.24, 2.45) is 5.92 Å². The fourth-order valence-electron chi connectivity index (χ4n) is 5.05. The van der Waals surface area contributed by atoms with Gasteiger partial charge in [0.25, 0.3) is 5.91 Å². The summed E-state index contributed by atoms with van der Waals surface area (Å²) in [5.74, 6) is -0.352. The summed E-state index contributed by atoms with van der Waals surface area (Å²) in [6, 6.07) is 7.35. The smallest absolute Gasteiger partial charge is 0.463 e. The first kappa shape index (κ1) is 30.7. The van der Waals surface area contributed by atoms with E-state index < -0.39 is 18.3 Å². The lowest BCUT2D eigenvalue weighted by molar-refractivity contribution is -0.150. The molecule has 1 unspecified atom stereocenters. The summed E-state index contributed by atoms with van der Waals surface area (Å²) in [6.07, 6.45) is 0.557. The molecule has 9 heteroatoms. The predicted octanol–water partition coefficient (Wildman–Crippen LogP) is 4.80. The Balaban J connectivity index is 1.70. The van der Waals surface area contributed by atoms with E-state index >= 15 is 0 Å². The van der Waals surface area contributed by atoms with Crippen LogP contribution in [0.4, 0.5) is 0 Å². The average molecular weight is 545 g/mol. The molecule has 1 fully saturated rings. The highest BCUT2D eigenvalue weighted by Gasteiger charge is 2.51. The fraction of sp³-hybridized carbons (Fsp3) is 0.655. The normalized spacial score (nSPS) is 22.4. The minimum absolute atomic E-state index is 0.158. The Morgan fingerprint density at radius 3 is 2.08 bits per heavy atom.